The minimum atomic E-state index is -0.882. The molecule has 0 aliphatic carbocycles. The maximum atomic E-state index is 13.0. The fourth-order valence-corrected chi connectivity index (χ4v) is 2.80. The molecule has 0 saturated carbocycles. The molecule has 0 aliphatic rings. The molecule has 0 aromatic carbocycles. The minimum absolute atomic E-state index is 0.148. The Balaban J connectivity index is 5.26. The highest BCUT2D eigenvalue weighted by Crippen LogP contribution is 2.31. The van der Waals surface area contributed by atoms with Gasteiger partial charge < -0.3 is 14.4 Å². The van der Waals surface area contributed by atoms with E-state index in [4.69, 9.17) is 9.47 Å². The summed E-state index contributed by atoms with van der Waals surface area (Å²) in [7, 11) is 2.03. The summed E-state index contributed by atoms with van der Waals surface area (Å²) in [6.45, 7) is 16.0. The highest BCUT2D eigenvalue weighted by molar-refractivity contribution is 5.83. The van der Waals surface area contributed by atoms with Crippen LogP contribution in [0.3, 0.4) is 0 Å². The molecule has 5 heteroatoms. The van der Waals surface area contributed by atoms with Gasteiger partial charge in [0.25, 0.3) is 0 Å². The Labute approximate surface area is 172 Å². The summed E-state index contributed by atoms with van der Waals surface area (Å²) in [4.78, 5) is 27.3. The van der Waals surface area contributed by atoms with Crippen molar-refractivity contribution in [3.63, 3.8) is 0 Å². The molecule has 0 amide bonds. The summed E-state index contributed by atoms with van der Waals surface area (Å²) in [5.74, 6) is -0.705. The van der Waals surface area contributed by atoms with Crippen LogP contribution in [-0.4, -0.2) is 42.6 Å². The number of ether oxygens (including phenoxy) is 2. The van der Waals surface area contributed by atoms with E-state index < -0.39 is 17.5 Å². The molecule has 0 radical (unpaired) electrons. The average molecular weight is 396 g/mol. The van der Waals surface area contributed by atoms with Crippen molar-refractivity contribution in [1.29, 1.82) is 0 Å². The molecule has 162 valence electrons. The van der Waals surface area contributed by atoms with Crippen LogP contribution >= 0.6 is 0 Å². The highest BCUT2D eigenvalue weighted by Gasteiger charge is 2.37. The van der Waals surface area contributed by atoms with Gasteiger partial charge in [0, 0.05) is 19.0 Å². The largest absolute Gasteiger partial charge is 0.463 e. The van der Waals surface area contributed by atoms with E-state index in [9.17, 15) is 9.59 Å². The summed E-state index contributed by atoms with van der Waals surface area (Å²) >= 11 is 0. The molecule has 0 heterocycles. The quantitative estimate of drug-likeness (QED) is 0.345. The van der Waals surface area contributed by atoms with Crippen molar-refractivity contribution in [1.82, 2.24) is 4.90 Å². The van der Waals surface area contributed by atoms with Crippen molar-refractivity contribution in [2.75, 3.05) is 13.7 Å². The van der Waals surface area contributed by atoms with Crippen LogP contribution in [0.5, 0.6) is 0 Å². The Morgan fingerprint density at radius 2 is 1.68 bits per heavy atom. The third kappa shape index (κ3) is 9.43. The van der Waals surface area contributed by atoms with Crippen molar-refractivity contribution in [3.8, 4) is 0 Å². The molecular weight excluding hydrogens is 354 g/mol. The number of allylic oxidation sites excluding steroid dienone is 2. The number of carbonyl (C=O) groups is 2. The van der Waals surface area contributed by atoms with Crippen LogP contribution in [0.25, 0.3) is 0 Å². The number of hydrogen-bond acceptors (Lipinski definition) is 5. The first-order valence-electron chi connectivity index (χ1n) is 10.4. The zero-order chi connectivity index (χ0) is 21.9. The zero-order valence-electron chi connectivity index (χ0n) is 19.3. The van der Waals surface area contributed by atoms with Crippen LogP contribution in [0.2, 0.25) is 0 Å². The zero-order valence-corrected chi connectivity index (χ0v) is 19.3. The van der Waals surface area contributed by atoms with E-state index in [2.05, 4.69) is 38.7 Å². The smallest absolute Gasteiger partial charge is 0.347 e. The number of carbonyl (C=O) groups excluding carboxylic acids is 2. The van der Waals surface area contributed by atoms with Crippen molar-refractivity contribution >= 4 is 11.9 Å². The predicted molar refractivity (Wildman–Crippen MR) is 115 cm³/mol. The molecule has 0 fully saturated rings. The van der Waals surface area contributed by atoms with Gasteiger partial charge in [-0.1, -0.05) is 45.9 Å². The summed E-state index contributed by atoms with van der Waals surface area (Å²) in [5.41, 5.74) is -0.786. The van der Waals surface area contributed by atoms with Crippen LogP contribution in [-0.2, 0) is 19.1 Å². The molecule has 0 aromatic heterocycles. The number of rotatable bonds is 12. The van der Waals surface area contributed by atoms with Crippen LogP contribution in [0.1, 0.15) is 68.2 Å². The van der Waals surface area contributed by atoms with Gasteiger partial charge in [-0.3, -0.25) is 4.79 Å². The predicted octanol–water partition coefficient (Wildman–Crippen LogP) is 4.97. The Bertz CT molecular complexity index is 537. The number of esters is 2. The Morgan fingerprint density at radius 3 is 2.14 bits per heavy atom. The van der Waals surface area contributed by atoms with Crippen molar-refractivity contribution in [2.24, 2.45) is 17.3 Å². The van der Waals surface area contributed by atoms with Crippen molar-refractivity contribution in [3.05, 3.63) is 24.4 Å². The van der Waals surface area contributed by atoms with Gasteiger partial charge in [-0.25, -0.2) is 4.79 Å². The topological polar surface area (TPSA) is 55.8 Å². The first kappa shape index (κ1) is 26.2. The molecule has 0 saturated heterocycles. The standard InChI is InChI=1S/C23H41NO4/c1-10-27-21(25)20(18(4)5)28-22(26)23(8,16-17(2)3)14-12-11-13-15-24(9)19(6)7/h12-15,17-20H,10-11,16H2,1-9H3/b14-12-,15-13-. The Hall–Kier alpha value is -1.78. The van der Waals surface area contributed by atoms with Gasteiger partial charge in [0.05, 0.1) is 12.0 Å². The van der Waals surface area contributed by atoms with Crippen LogP contribution < -0.4 is 0 Å². The van der Waals surface area contributed by atoms with Gasteiger partial charge in [0.2, 0.25) is 6.10 Å². The van der Waals surface area contributed by atoms with E-state index in [1.54, 1.807) is 6.92 Å². The molecule has 0 N–H and O–H groups in total. The Morgan fingerprint density at radius 1 is 1.07 bits per heavy atom. The lowest BCUT2D eigenvalue weighted by molar-refractivity contribution is -0.176. The molecule has 0 rings (SSSR count). The number of hydrogen-bond donors (Lipinski definition) is 0. The molecule has 2 unspecified atom stereocenters. The van der Waals surface area contributed by atoms with Crippen LogP contribution in [0.4, 0.5) is 0 Å². The minimum Gasteiger partial charge on any atom is -0.463 e. The normalized spacial score (nSPS) is 15.4. The summed E-state index contributed by atoms with van der Waals surface area (Å²) < 4.78 is 10.7. The van der Waals surface area contributed by atoms with Gasteiger partial charge in [0.1, 0.15) is 0 Å². The van der Waals surface area contributed by atoms with E-state index in [1.807, 2.05) is 46.2 Å². The second-order valence-corrected chi connectivity index (χ2v) is 8.62. The summed E-state index contributed by atoms with van der Waals surface area (Å²) in [5, 5.41) is 0. The monoisotopic (exact) mass is 395 g/mol. The number of nitrogens with zero attached hydrogens (tertiary/aromatic N) is 1. The van der Waals surface area contributed by atoms with Gasteiger partial charge in [-0.15, -0.1) is 0 Å². The average Bonchev–Trinajstić information content (AvgIpc) is 2.57. The molecule has 0 aliphatic heterocycles. The van der Waals surface area contributed by atoms with E-state index in [1.165, 1.54) is 0 Å². The van der Waals surface area contributed by atoms with Gasteiger partial charge in [-0.05, 0) is 52.7 Å². The molecule has 0 bridgehead atoms. The van der Waals surface area contributed by atoms with Gasteiger partial charge in [-0.2, -0.15) is 0 Å². The lowest BCUT2D eigenvalue weighted by Crippen LogP contribution is -2.39. The molecular formula is C23H41NO4. The second-order valence-electron chi connectivity index (χ2n) is 8.62. The van der Waals surface area contributed by atoms with E-state index >= 15 is 0 Å². The lowest BCUT2D eigenvalue weighted by Gasteiger charge is -2.29. The fraction of sp³-hybridized carbons (Fsp3) is 0.739. The summed E-state index contributed by atoms with van der Waals surface area (Å²) in [6.07, 6.45) is 8.50. The van der Waals surface area contributed by atoms with Crippen LogP contribution in [0, 0.1) is 17.3 Å². The third-order valence-corrected chi connectivity index (χ3v) is 4.57. The molecule has 5 nitrogen and oxygen atoms in total. The van der Waals surface area contributed by atoms with Gasteiger partial charge >= 0.3 is 11.9 Å². The second kappa shape index (κ2) is 12.6. The first-order valence-corrected chi connectivity index (χ1v) is 10.4. The van der Waals surface area contributed by atoms with Crippen molar-refractivity contribution < 1.29 is 19.1 Å². The van der Waals surface area contributed by atoms with E-state index in [0.29, 0.717) is 18.4 Å². The highest BCUT2D eigenvalue weighted by atomic mass is 16.6. The van der Waals surface area contributed by atoms with Gasteiger partial charge in [0.15, 0.2) is 0 Å². The lowest BCUT2D eigenvalue weighted by atomic mass is 9.81. The van der Waals surface area contributed by atoms with E-state index in [-0.39, 0.29) is 18.5 Å². The fourth-order valence-electron chi connectivity index (χ4n) is 2.80. The molecule has 0 aromatic rings. The summed E-state index contributed by atoms with van der Waals surface area (Å²) in [6, 6.07) is 0.442. The third-order valence-electron chi connectivity index (χ3n) is 4.57. The molecule has 2 atom stereocenters. The molecule has 28 heavy (non-hydrogen) atoms. The Kier molecular flexibility index (Phi) is 11.8. The maximum Gasteiger partial charge on any atom is 0.347 e. The van der Waals surface area contributed by atoms with E-state index in [0.717, 1.165) is 6.42 Å². The first-order chi connectivity index (χ1) is 12.9. The maximum absolute atomic E-state index is 13.0. The van der Waals surface area contributed by atoms with Crippen LogP contribution in [0.15, 0.2) is 24.4 Å². The van der Waals surface area contributed by atoms with Crippen molar-refractivity contribution in [2.45, 2.75) is 80.4 Å². The molecule has 0 spiro atoms. The SMILES string of the molecule is CCOC(=O)C(OC(=O)C(C)(/C=C\C/C=C\N(C)C(C)C)CC(C)C)C(C)C.